The molecule has 0 aliphatic heterocycles. The first-order valence-corrected chi connectivity index (χ1v) is 8.02. The first kappa shape index (κ1) is 15.4. The Morgan fingerprint density at radius 1 is 1.30 bits per heavy atom. The van der Waals surface area contributed by atoms with Gasteiger partial charge in [0, 0.05) is 18.1 Å². The lowest BCUT2D eigenvalue weighted by Gasteiger charge is -2.31. The molecule has 110 valence electrons. The molecule has 0 radical (unpaired) electrons. The fourth-order valence-corrected chi connectivity index (χ4v) is 3.23. The number of carbonyl (C=O) groups excluding carboxylic acids is 1. The molecule has 1 aromatic carbocycles. The summed E-state index contributed by atoms with van der Waals surface area (Å²) in [5.41, 5.74) is 2.19. The summed E-state index contributed by atoms with van der Waals surface area (Å²) in [6, 6.07) is 6.38. The van der Waals surface area contributed by atoms with Crippen molar-refractivity contribution in [2.45, 2.75) is 57.9 Å². The van der Waals surface area contributed by atoms with Gasteiger partial charge < -0.3 is 4.90 Å². The van der Waals surface area contributed by atoms with E-state index >= 15 is 0 Å². The van der Waals surface area contributed by atoms with Gasteiger partial charge in [-0.2, -0.15) is 0 Å². The first-order valence-electron chi connectivity index (χ1n) is 7.64. The van der Waals surface area contributed by atoms with Crippen molar-refractivity contribution in [3.8, 4) is 0 Å². The Morgan fingerprint density at radius 2 is 2.00 bits per heavy atom. The highest BCUT2D eigenvalue weighted by molar-refractivity contribution is 6.31. The van der Waals surface area contributed by atoms with Crippen LogP contribution in [0.25, 0.3) is 0 Å². The summed E-state index contributed by atoms with van der Waals surface area (Å²) < 4.78 is 0. The van der Waals surface area contributed by atoms with Gasteiger partial charge in [-0.1, -0.05) is 49.9 Å². The van der Waals surface area contributed by atoms with Crippen LogP contribution < -0.4 is 0 Å². The minimum Gasteiger partial charge on any atom is -0.342 e. The van der Waals surface area contributed by atoms with Crippen molar-refractivity contribution in [1.82, 2.24) is 4.90 Å². The summed E-state index contributed by atoms with van der Waals surface area (Å²) >= 11 is 6.12. The lowest BCUT2D eigenvalue weighted by atomic mass is 9.94. The van der Waals surface area contributed by atoms with Crippen LogP contribution in [0.3, 0.4) is 0 Å². The van der Waals surface area contributed by atoms with Crippen molar-refractivity contribution in [3.05, 3.63) is 34.3 Å². The van der Waals surface area contributed by atoms with E-state index in [-0.39, 0.29) is 5.91 Å². The van der Waals surface area contributed by atoms with Crippen LogP contribution in [0, 0.1) is 0 Å². The topological polar surface area (TPSA) is 20.3 Å². The van der Waals surface area contributed by atoms with Gasteiger partial charge in [0.25, 0.3) is 0 Å². The van der Waals surface area contributed by atoms with E-state index in [2.05, 4.69) is 13.0 Å². The molecule has 0 unspecified atom stereocenters. The van der Waals surface area contributed by atoms with E-state index in [1.165, 1.54) is 19.3 Å². The molecule has 2 nitrogen and oxygen atoms in total. The summed E-state index contributed by atoms with van der Waals surface area (Å²) in [7, 11) is 1.95. The molecule has 0 N–H and O–H groups in total. The fraction of sp³-hybridized carbons (Fsp3) is 0.588. The Labute approximate surface area is 127 Å². The van der Waals surface area contributed by atoms with Gasteiger partial charge in [-0.25, -0.2) is 0 Å². The Kier molecular flexibility index (Phi) is 5.47. The fourth-order valence-electron chi connectivity index (χ4n) is 2.98. The van der Waals surface area contributed by atoms with E-state index in [0.29, 0.717) is 12.5 Å². The van der Waals surface area contributed by atoms with Gasteiger partial charge in [-0.05, 0) is 36.5 Å². The maximum atomic E-state index is 12.4. The molecule has 0 atom stereocenters. The highest BCUT2D eigenvalue weighted by atomic mass is 35.5. The predicted octanol–water partition coefficient (Wildman–Crippen LogP) is 4.24. The highest BCUT2D eigenvalue weighted by Gasteiger charge is 2.22. The second-order valence-electron chi connectivity index (χ2n) is 5.75. The smallest absolute Gasteiger partial charge is 0.226 e. The van der Waals surface area contributed by atoms with E-state index in [1.54, 1.807) is 0 Å². The molecular formula is C17H24ClNO. The SMILES string of the molecule is CCc1cc(CC(=O)N(C)C2CCCCC2)ccc1Cl. The second kappa shape index (κ2) is 7.12. The molecule has 0 spiro atoms. The van der Waals surface area contributed by atoms with Crippen LogP contribution in [0.15, 0.2) is 18.2 Å². The molecule has 1 aromatic rings. The third kappa shape index (κ3) is 3.76. The molecule has 2 rings (SSSR count). The molecule has 3 heteroatoms. The van der Waals surface area contributed by atoms with Crippen molar-refractivity contribution < 1.29 is 4.79 Å². The van der Waals surface area contributed by atoms with E-state index in [0.717, 1.165) is 35.4 Å². The molecule has 1 saturated carbocycles. The molecule has 0 aromatic heterocycles. The zero-order chi connectivity index (χ0) is 14.5. The molecular weight excluding hydrogens is 270 g/mol. The average Bonchev–Trinajstić information content (AvgIpc) is 2.49. The number of aryl methyl sites for hydroxylation is 1. The number of amides is 1. The zero-order valence-corrected chi connectivity index (χ0v) is 13.2. The number of nitrogens with zero attached hydrogens (tertiary/aromatic N) is 1. The summed E-state index contributed by atoms with van der Waals surface area (Å²) in [4.78, 5) is 14.3. The van der Waals surface area contributed by atoms with Crippen molar-refractivity contribution in [2.75, 3.05) is 7.05 Å². The quantitative estimate of drug-likeness (QED) is 0.813. The van der Waals surface area contributed by atoms with Crippen LogP contribution in [-0.2, 0) is 17.6 Å². The maximum Gasteiger partial charge on any atom is 0.226 e. The number of rotatable bonds is 4. The van der Waals surface area contributed by atoms with Gasteiger partial charge in [0.15, 0.2) is 0 Å². The lowest BCUT2D eigenvalue weighted by molar-refractivity contribution is -0.131. The zero-order valence-electron chi connectivity index (χ0n) is 12.5. The molecule has 20 heavy (non-hydrogen) atoms. The molecule has 1 amide bonds. The third-order valence-electron chi connectivity index (χ3n) is 4.36. The number of likely N-dealkylation sites (N-methyl/N-ethyl adjacent to an activating group) is 1. The van der Waals surface area contributed by atoms with Gasteiger partial charge in [0.1, 0.15) is 0 Å². The van der Waals surface area contributed by atoms with Gasteiger partial charge in [-0.3, -0.25) is 4.79 Å². The molecule has 1 aliphatic rings. The number of hydrogen-bond acceptors (Lipinski definition) is 1. The number of benzene rings is 1. The van der Waals surface area contributed by atoms with Crippen LogP contribution in [0.4, 0.5) is 0 Å². The number of halogens is 1. The first-order chi connectivity index (χ1) is 9.61. The average molecular weight is 294 g/mol. The Balaban J connectivity index is 1.99. The van der Waals surface area contributed by atoms with Gasteiger partial charge in [0.2, 0.25) is 5.91 Å². The van der Waals surface area contributed by atoms with Crippen molar-refractivity contribution in [1.29, 1.82) is 0 Å². The van der Waals surface area contributed by atoms with Gasteiger partial charge in [0.05, 0.1) is 6.42 Å². The van der Waals surface area contributed by atoms with E-state index in [1.807, 2.05) is 24.1 Å². The van der Waals surface area contributed by atoms with Gasteiger partial charge in [-0.15, -0.1) is 0 Å². The van der Waals surface area contributed by atoms with E-state index < -0.39 is 0 Å². The van der Waals surface area contributed by atoms with Crippen LogP contribution in [0.1, 0.15) is 50.2 Å². The number of hydrogen-bond donors (Lipinski definition) is 0. The lowest BCUT2D eigenvalue weighted by Crippen LogP contribution is -2.39. The Hall–Kier alpha value is -1.02. The molecule has 1 aliphatic carbocycles. The normalized spacial score (nSPS) is 16.1. The maximum absolute atomic E-state index is 12.4. The van der Waals surface area contributed by atoms with Crippen molar-refractivity contribution in [2.24, 2.45) is 0 Å². The summed E-state index contributed by atoms with van der Waals surface area (Å²) in [6.45, 7) is 2.08. The molecule has 0 heterocycles. The van der Waals surface area contributed by atoms with Crippen LogP contribution in [0.2, 0.25) is 5.02 Å². The largest absolute Gasteiger partial charge is 0.342 e. The molecule has 1 fully saturated rings. The predicted molar refractivity (Wildman–Crippen MR) is 84.2 cm³/mol. The third-order valence-corrected chi connectivity index (χ3v) is 4.73. The van der Waals surface area contributed by atoms with Crippen LogP contribution in [0.5, 0.6) is 0 Å². The minimum absolute atomic E-state index is 0.223. The Bertz CT molecular complexity index is 466. The summed E-state index contributed by atoms with van der Waals surface area (Å²) in [6.07, 6.45) is 7.52. The second-order valence-corrected chi connectivity index (χ2v) is 6.16. The minimum atomic E-state index is 0.223. The van der Waals surface area contributed by atoms with E-state index in [9.17, 15) is 4.79 Å². The summed E-state index contributed by atoms with van der Waals surface area (Å²) in [5.74, 6) is 0.223. The van der Waals surface area contributed by atoms with Crippen molar-refractivity contribution in [3.63, 3.8) is 0 Å². The Morgan fingerprint density at radius 3 is 2.65 bits per heavy atom. The van der Waals surface area contributed by atoms with Crippen molar-refractivity contribution >= 4 is 17.5 Å². The monoisotopic (exact) mass is 293 g/mol. The summed E-state index contributed by atoms with van der Waals surface area (Å²) in [5, 5.41) is 0.796. The van der Waals surface area contributed by atoms with E-state index in [4.69, 9.17) is 11.6 Å². The van der Waals surface area contributed by atoms with Crippen LogP contribution in [-0.4, -0.2) is 23.9 Å². The highest BCUT2D eigenvalue weighted by Crippen LogP contribution is 2.23. The standard InChI is InChI=1S/C17H24ClNO/c1-3-14-11-13(9-10-16(14)18)12-17(20)19(2)15-7-5-4-6-8-15/h9-11,15H,3-8,12H2,1-2H3. The van der Waals surface area contributed by atoms with Gasteiger partial charge >= 0.3 is 0 Å². The molecule has 0 saturated heterocycles. The molecule has 0 bridgehead atoms. The van der Waals surface area contributed by atoms with Crippen LogP contribution >= 0.6 is 11.6 Å². The number of carbonyl (C=O) groups is 1.